The second-order valence-electron chi connectivity index (χ2n) is 6.22. The van der Waals surface area contributed by atoms with Crippen LogP contribution in [0.2, 0.25) is 0 Å². The first-order valence-electron chi connectivity index (χ1n) is 8.44. The summed E-state index contributed by atoms with van der Waals surface area (Å²) in [7, 11) is 0. The molecule has 9 heteroatoms. The first kappa shape index (κ1) is 16.0. The number of anilines is 1. The Balaban J connectivity index is 1.25. The maximum Gasteiger partial charge on any atom is 0.265 e. The van der Waals surface area contributed by atoms with E-state index in [1.807, 2.05) is 68.5 Å². The van der Waals surface area contributed by atoms with E-state index in [4.69, 9.17) is 0 Å². The van der Waals surface area contributed by atoms with Gasteiger partial charge in [-0.15, -0.1) is 34.0 Å². The van der Waals surface area contributed by atoms with Crippen LogP contribution in [0.1, 0.15) is 9.67 Å². The largest absolute Gasteiger partial charge is 0.321 e. The lowest BCUT2D eigenvalue weighted by Gasteiger charge is -2.04. The van der Waals surface area contributed by atoms with Gasteiger partial charge in [0.05, 0.1) is 16.1 Å². The highest BCUT2D eigenvalue weighted by molar-refractivity contribution is 7.21. The highest BCUT2D eigenvalue weighted by atomic mass is 32.1. The molecule has 0 aliphatic carbocycles. The lowest BCUT2D eigenvalue weighted by atomic mass is 10.1. The Morgan fingerprint density at radius 2 is 1.82 bits per heavy atom. The Morgan fingerprint density at radius 1 is 1.00 bits per heavy atom. The van der Waals surface area contributed by atoms with Crippen molar-refractivity contribution in [3.05, 3.63) is 64.6 Å². The number of hydrogen-bond acceptors (Lipinski definition) is 6. The van der Waals surface area contributed by atoms with Crippen molar-refractivity contribution in [2.75, 3.05) is 5.32 Å². The summed E-state index contributed by atoms with van der Waals surface area (Å²) in [5.74, 6) is -0.123. The van der Waals surface area contributed by atoms with Gasteiger partial charge in [-0.05, 0) is 18.2 Å². The molecule has 136 valence electrons. The smallest absolute Gasteiger partial charge is 0.265 e. The van der Waals surface area contributed by atoms with Crippen molar-refractivity contribution in [1.82, 2.24) is 18.8 Å². The van der Waals surface area contributed by atoms with E-state index < -0.39 is 0 Å². The van der Waals surface area contributed by atoms with E-state index in [9.17, 15) is 4.79 Å². The summed E-state index contributed by atoms with van der Waals surface area (Å²) in [6.45, 7) is 0. The maximum atomic E-state index is 12.6. The van der Waals surface area contributed by atoms with Crippen LogP contribution in [0.5, 0.6) is 0 Å². The summed E-state index contributed by atoms with van der Waals surface area (Å²) >= 11 is 4.60. The van der Waals surface area contributed by atoms with Crippen LogP contribution < -0.4 is 5.32 Å². The van der Waals surface area contributed by atoms with Gasteiger partial charge in [0.2, 0.25) is 0 Å². The molecular weight excluding hydrogens is 410 g/mol. The number of benzene rings is 1. The number of thiazole rings is 2. The topological polar surface area (TPSA) is 63.7 Å². The Labute approximate surface area is 170 Å². The summed E-state index contributed by atoms with van der Waals surface area (Å²) in [6, 6.07) is 9.64. The normalized spacial score (nSPS) is 11.7. The van der Waals surface area contributed by atoms with Crippen LogP contribution in [0.25, 0.3) is 31.5 Å². The molecule has 0 atom stereocenters. The lowest BCUT2D eigenvalue weighted by Crippen LogP contribution is -2.09. The maximum absolute atomic E-state index is 12.6. The van der Waals surface area contributed by atoms with E-state index in [-0.39, 0.29) is 5.91 Å². The van der Waals surface area contributed by atoms with Crippen LogP contribution >= 0.6 is 34.0 Å². The number of thiophene rings is 1. The van der Waals surface area contributed by atoms with E-state index in [0.717, 1.165) is 37.2 Å². The quantitative estimate of drug-likeness (QED) is 0.425. The molecule has 5 heterocycles. The number of fused-ring (bicyclic) bond motifs is 4. The minimum absolute atomic E-state index is 0.123. The number of carbonyl (C=O) groups excluding carboxylic acids is 1. The predicted octanol–water partition coefficient (Wildman–Crippen LogP) is 5.24. The van der Waals surface area contributed by atoms with Crippen molar-refractivity contribution < 1.29 is 4.79 Å². The molecule has 0 aliphatic rings. The van der Waals surface area contributed by atoms with Gasteiger partial charge in [0.25, 0.3) is 5.91 Å². The van der Waals surface area contributed by atoms with Crippen LogP contribution in [-0.4, -0.2) is 24.7 Å². The fraction of sp³-hybridized carbons (Fsp3) is 0. The average molecular weight is 422 g/mol. The van der Waals surface area contributed by atoms with Crippen molar-refractivity contribution in [2.45, 2.75) is 0 Å². The number of aromatic nitrogens is 4. The summed E-state index contributed by atoms with van der Waals surface area (Å²) in [5.41, 5.74) is 3.67. The molecule has 0 unspecified atom stereocenters. The van der Waals surface area contributed by atoms with Crippen LogP contribution in [-0.2, 0) is 0 Å². The fourth-order valence-electron chi connectivity index (χ4n) is 3.14. The first-order valence-corrected chi connectivity index (χ1v) is 11.0. The summed E-state index contributed by atoms with van der Waals surface area (Å²) in [5, 5.41) is 6.97. The molecule has 0 fully saturated rings. The van der Waals surface area contributed by atoms with Crippen LogP contribution in [0, 0.1) is 0 Å². The molecule has 0 spiro atoms. The van der Waals surface area contributed by atoms with E-state index in [2.05, 4.69) is 15.3 Å². The number of nitrogens with one attached hydrogen (secondary N) is 1. The summed E-state index contributed by atoms with van der Waals surface area (Å²) < 4.78 is 4.02. The Kier molecular flexibility index (Phi) is 3.42. The summed E-state index contributed by atoms with van der Waals surface area (Å²) in [6.07, 6.45) is 5.97. The zero-order valence-electron chi connectivity index (χ0n) is 14.2. The molecule has 0 saturated carbocycles. The van der Waals surface area contributed by atoms with Gasteiger partial charge < -0.3 is 5.32 Å². The van der Waals surface area contributed by atoms with E-state index in [1.54, 1.807) is 22.7 Å². The Bertz CT molecular complexity index is 1440. The zero-order valence-corrected chi connectivity index (χ0v) is 16.6. The van der Waals surface area contributed by atoms with Gasteiger partial charge in [0.1, 0.15) is 4.83 Å². The van der Waals surface area contributed by atoms with E-state index in [1.165, 1.54) is 11.3 Å². The summed E-state index contributed by atoms with van der Waals surface area (Å²) in [4.78, 5) is 25.3. The molecule has 6 rings (SSSR count). The Morgan fingerprint density at radius 3 is 2.68 bits per heavy atom. The number of imidazole rings is 2. The highest BCUT2D eigenvalue weighted by Crippen LogP contribution is 2.29. The molecule has 0 saturated heterocycles. The van der Waals surface area contributed by atoms with Gasteiger partial charge in [0.15, 0.2) is 9.92 Å². The van der Waals surface area contributed by atoms with Crippen molar-refractivity contribution in [2.24, 2.45) is 0 Å². The Hall–Kier alpha value is -3.01. The number of carbonyl (C=O) groups is 1. The van der Waals surface area contributed by atoms with E-state index >= 15 is 0 Å². The van der Waals surface area contributed by atoms with Crippen molar-refractivity contribution in [1.29, 1.82) is 0 Å². The van der Waals surface area contributed by atoms with Gasteiger partial charge >= 0.3 is 0 Å². The second kappa shape index (κ2) is 5.99. The highest BCUT2D eigenvalue weighted by Gasteiger charge is 2.15. The second-order valence-corrected chi connectivity index (χ2v) is 9.00. The minimum Gasteiger partial charge on any atom is -0.321 e. The third kappa shape index (κ3) is 2.48. The monoisotopic (exact) mass is 421 g/mol. The van der Waals surface area contributed by atoms with E-state index in [0.29, 0.717) is 4.88 Å². The number of amides is 1. The predicted molar refractivity (Wildman–Crippen MR) is 115 cm³/mol. The SMILES string of the molecule is O=C(Nc1ccc(-c2cn3ccsc3n2)cc1)c1cc2c(nc3sccn32)s1. The molecule has 6 aromatic rings. The first-order chi connectivity index (χ1) is 13.7. The average Bonchev–Trinajstić information content (AvgIpc) is 3.46. The standard InChI is InChI=1S/C19H11N5OS3/c25-16(15-9-14-17(28-15)22-19-24(14)6-8-27-19)20-12-3-1-11(2-4-12)13-10-23-5-7-26-18(23)21-13/h1-10H,(H,20,25). The molecule has 0 radical (unpaired) electrons. The molecular formula is C19H11N5OS3. The van der Waals surface area contributed by atoms with Gasteiger partial charge in [-0.1, -0.05) is 12.1 Å². The molecule has 6 nitrogen and oxygen atoms in total. The van der Waals surface area contributed by atoms with Crippen molar-refractivity contribution in [3.8, 4) is 11.3 Å². The molecule has 28 heavy (non-hydrogen) atoms. The zero-order chi connectivity index (χ0) is 18.7. The molecule has 0 aliphatic heterocycles. The third-order valence-corrected chi connectivity index (χ3v) is 7.04. The molecule has 0 bridgehead atoms. The van der Waals surface area contributed by atoms with Crippen molar-refractivity contribution >= 4 is 65.9 Å². The van der Waals surface area contributed by atoms with Gasteiger partial charge in [-0.2, -0.15) is 0 Å². The molecule has 1 amide bonds. The molecule has 5 aromatic heterocycles. The third-order valence-electron chi connectivity index (χ3n) is 4.50. The number of nitrogens with zero attached hydrogens (tertiary/aromatic N) is 4. The lowest BCUT2D eigenvalue weighted by molar-refractivity contribution is 0.103. The molecule has 1 N–H and O–H groups in total. The van der Waals surface area contributed by atoms with Crippen LogP contribution in [0.3, 0.4) is 0 Å². The van der Waals surface area contributed by atoms with Gasteiger partial charge in [0, 0.05) is 40.6 Å². The fourth-order valence-corrected chi connectivity index (χ4v) is 5.54. The molecule has 1 aromatic carbocycles. The van der Waals surface area contributed by atoms with Crippen LogP contribution in [0.15, 0.2) is 59.7 Å². The van der Waals surface area contributed by atoms with Crippen molar-refractivity contribution in [3.63, 3.8) is 0 Å². The number of rotatable bonds is 3. The number of hydrogen-bond donors (Lipinski definition) is 1. The van der Waals surface area contributed by atoms with Gasteiger partial charge in [-0.3, -0.25) is 13.6 Å². The van der Waals surface area contributed by atoms with Crippen LogP contribution in [0.4, 0.5) is 5.69 Å². The minimum atomic E-state index is -0.123. The van der Waals surface area contributed by atoms with Gasteiger partial charge in [-0.25, -0.2) is 9.97 Å².